The number of aromatic nitrogens is 2. The van der Waals surface area contributed by atoms with Gasteiger partial charge in [0.15, 0.2) is 0 Å². The highest BCUT2D eigenvalue weighted by Crippen LogP contribution is 2.20. The summed E-state index contributed by atoms with van der Waals surface area (Å²) in [6.07, 6.45) is 0. The van der Waals surface area contributed by atoms with Crippen LogP contribution in [0, 0.1) is 6.92 Å². The van der Waals surface area contributed by atoms with Crippen LogP contribution in [-0.4, -0.2) is 22.2 Å². The minimum Gasteiger partial charge on any atom is -0.481 e. The van der Waals surface area contributed by atoms with E-state index < -0.39 is 5.60 Å². The highest BCUT2D eigenvalue weighted by Gasteiger charge is 2.19. The van der Waals surface area contributed by atoms with Crippen molar-refractivity contribution < 1.29 is 9.84 Å². The maximum atomic E-state index is 9.69. The molecule has 0 atom stereocenters. The monoisotopic (exact) mass is 182 g/mol. The Labute approximate surface area is 77.6 Å². The van der Waals surface area contributed by atoms with E-state index in [1.165, 1.54) is 7.11 Å². The van der Waals surface area contributed by atoms with Crippen LogP contribution in [0.5, 0.6) is 5.88 Å². The summed E-state index contributed by atoms with van der Waals surface area (Å²) in [5.74, 6) is 1.07. The van der Waals surface area contributed by atoms with Gasteiger partial charge in [-0.1, -0.05) is 0 Å². The van der Waals surface area contributed by atoms with Crippen molar-refractivity contribution in [2.75, 3.05) is 7.11 Å². The van der Waals surface area contributed by atoms with Crippen LogP contribution in [0.3, 0.4) is 0 Å². The zero-order valence-electron chi connectivity index (χ0n) is 8.33. The summed E-state index contributed by atoms with van der Waals surface area (Å²) in [4.78, 5) is 8.13. The van der Waals surface area contributed by atoms with Gasteiger partial charge in [-0.25, -0.2) is 4.98 Å². The summed E-state index contributed by atoms with van der Waals surface area (Å²) >= 11 is 0. The molecule has 0 bridgehead atoms. The van der Waals surface area contributed by atoms with E-state index in [1.54, 1.807) is 26.8 Å². The van der Waals surface area contributed by atoms with E-state index in [9.17, 15) is 5.11 Å². The number of methoxy groups -OCH3 is 1. The first-order chi connectivity index (χ1) is 5.93. The van der Waals surface area contributed by atoms with Crippen molar-refractivity contribution in [3.8, 4) is 5.88 Å². The molecule has 0 unspecified atom stereocenters. The summed E-state index contributed by atoms with van der Waals surface area (Å²) in [7, 11) is 1.54. The van der Waals surface area contributed by atoms with Gasteiger partial charge in [0.2, 0.25) is 5.88 Å². The van der Waals surface area contributed by atoms with Crippen LogP contribution in [0.2, 0.25) is 0 Å². The topological polar surface area (TPSA) is 55.2 Å². The Bertz CT molecular complexity index is 305. The van der Waals surface area contributed by atoms with Gasteiger partial charge >= 0.3 is 0 Å². The molecule has 1 rings (SSSR count). The van der Waals surface area contributed by atoms with Crippen LogP contribution in [-0.2, 0) is 5.60 Å². The predicted molar refractivity (Wildman–Crippen MR) is 48.6 cm³/mol. The highest BCUT2D eigenvalue weighted by atomic mass is 16.5. The Balaban J connectivity index is 3.16. The van der Waals surface area contributed by atoms with Crippen molar-refractivity contribution >= 4 is 0 Å². The molecule has 1 N–H and O–H groups in total. The van der Waals surface area contributed by atoms with Crippen molar-refractivity contribution in [2.24, 2.45) is 0 Å². The zero-order valence-corrected chi connectivity index (χ0v) is 8.33. The average molecular weight is 182 g/mol. The van der Waals surface area contributed by atoms with Gasteiger partial charge in [0.05, 0.1) is 12.8 Å². The third kappa shape index (κ3) is 2.39. The Morgan fingerprint density at radius 1 is 1.38 bits per heavy atom. The zero-order chi connectivity index (χ0) is 10.1. The van der Waals surface area contributed by atoms with Crippen LogP contribution in [0.15, 0.2) is 6.07 Å². The van der Waals surface area contributed by atoms with Crippen LogP contribution >= 0.6 is 0 Å². The standard InChI is InChI=1S/C9H14N2O2/c1-6-10-7(9(2,3)12)5-8(11-6)13-4/h5,12H,1-4H3. The van der Waals surface area contributed by atoms with E-state index in [1.807, 2.05) is 0 Å². The quantitative estimate of drug-likeness (QED) is 0.742. The SMILES string of the molecule is COc1cc(C(C)(C)O)nc(C)n1. The van der Waals surface area contributed by atoms with Gasteiger partial charge in [0.1, 0.15) is 11.4 Å². The normalized spacial score (nSPS) is 11.5. The molecule has 0 saturated carbocycles. The third-order valence-electron chi connectivity index (χ3n) is 1.65. The summed E-state index contributed by atoms with van der Waals surface area (Å²) in [6.45, 7) is 5.11. The largest absolute Gasteiger partial charge is 0.481 e. The van der Waals surface area contributed by atoms with Gasteiger partial charge in [-0.15, -0.1) is 0 Å². The second-order valence-corrected chi connectivity index (χ2v) is 3.40. The molecule has 13 heavy (non-hydrogen) atoms. The highest BCUT2D eigenvalue weighted by molar-refractivity contribution is 5.19. The van der Waals surface area contributed by atoms with Crippen molar-refractivity contribution in [1.29, 1.82) is 0 Å². The average Bonchev–Trinajstić information content (AvgIpc) is 2.01. The minimum absolute atomic E-state index is 0.477. The van der Waals surface area contributed by atoms with Crippen LogP contribution in [0.25, 0.3) is 0 Å². The fraction of sp³-hybridized carbons (Fsp3) is 0.556. The van der Waals surface area contributed by atoms with Gasteiger partial charge in [0, 0.05) is 6.07 Å². The van der Waals surface area contributed by atoms with Crippen molar-refractivity contribution in [3.05, 3.63) is 17.6 Å². The molecule has 4 heteroatoms. The third-order valence-corrected chi connectivity index (χ3v) is 1.65. The van der Waals surface area contributed by atoms with E-state index >= 15 is 0 Å². The first-order valence-corrected chi connectivity index (χ1v) is 4.06. The Hall–Kier alpha value is -1.16. The maximum absolute atomic E-state index is 9.69. The van der Waals surface area contributed by atoms with E-state index in [0.29, 0.717) is 17.4 Å². The summed E-state index contributed by atoms with van der Waals surface area (Å²) < 4.78 is 4.97. The molecular weight excluding hydrogens is 168 g/mol. The predicted octanol–water partition coefficient (Wildman–Crippen LogP) is 1.02. The van der Waals surface area contributed by atoms with Crippen molar-refractivity contribution in [3.63, 3.8) is 0 Å². The molecule has 0 fully saturated rings. The Kier molecular flexibility index (Phi) is 2.52. The van der Waals surface area contributed by atoms with E-state index in [2.05, 4.69) is 9.97 Å². The molecule has 0 aliphatic carbocycles. The molecule has 0 aliphatic heterocycles. The molecule has 1 aromatic rings. The fourth-order valence-corrected chi connectivity index (χ4v) is 0.958. The Morgan fingerprint density at radius 3 is 2.46 bits per heavy atom. The lowest BCUT2D eigenvalue weighted by molar-refractivity contribution is 0.0731. The van der Waals surface area contributed by atoms with Crippen molar-refractivity contribution in [2.45, 2.75) is 26.4 Å². The van der Waals surface area contributed by atoms with Crippen LogP contribution in [0.4, 0.5) is 0 Å². The summed E-state index contributed by atoms with van der Waals surface area (Å²) in [5.41, 5.74) is -0.391. The number of aliphatic hydroxyl groups is 1. The molecule has 0 spiro atoms. The molecule has 1 aromatic heterocycles. The molecule has 0 saturated heterocycles. The fourth-order valence-electron chi connectivity index (χ4n) is 0.958. The molecule has 0 amide bonds. The van der Waals surface area contributed by atoms with Gasteiger partial charge in [0.25, 0.3) is 0 Å². The molecule has 0 aliphatic rings. The van der Waals surface area contributed by atoms with Gasteiger partial charge in [-0.2, -0.15) is 4.98 Å². The molecule has 0 aromatic carbocycles. The first-order valence-electron chi connectivity index (χ1n) is 4.06. The van der Waals surface area contributed by atoms with E-state index in [0.717, 1.165) is 0 Å². The summed E-state index contributed by atoms with van der Waals surface area (Å²) in [5, 5.41) is 9.69. The molecule has 72 valence electrons. The lowest BCUT2D eigenvalue weighted by atomic mass is 10.1. The van der Waals surface area contributed by atoms with Gasteiger partial charge < -0.3 is 9.84 Å². The molecule has 0 radical (unpaired) electrons. The number of aryl methyl sites for hydroxylation is 1. The number of nitrogens with zero attached hydrogens (tertiary/aromatic N) is 2. The lowest BCUT2D eigenvalue weighted by Crippen LogP contribution is -2.18. The van der Waals surface area contributed by atoms with Crippen molar-refractivity contribution in [1.82, 2.24) is 9.97 Å². The first kappa shape index (κ1) is 9.92. The maximum Gasteiger partial charge on any atom is 0.216 e. The number of rotatable bonds is 2. The number of ether oxygens (including phenoxy) is 1. The van der Waals surface area contributed by atoms with Crippen LogP contribution in [0.1, 0.15) is 25.4 Å². The molecule has 4 nitrogen and oxygen atoms in total. The second-order valence-electron chi connectivity index (χ2n) is 3.40. The van der Waals surface area contributed by atoms with E-state index in [-0.39, 0.29) is 0 Å². The van der Waals surface area contributed by atoms with Crippen LogP contribution < -0.4 is 4.74 Å². The smallest absolute Gasteiger partial charge is 0.216 e. The van der Waals surface area contributed by atoms with E-state index in [4.69, 9.17) is 4.74 Å². The molecule has 1 heterocycles. The minimum atomic E-state index is -0.957. The summed E-state index contributed by atoms with van der Waals surface area (Å²) in [6, 6.07) is 1.63. The second kappa shape index (κ2) is 3.30. The lowest BCUT2D eigenvalue weighted by Gasteiger charge is -2.17. The molecular formula is C9H14N2O2. The van der Waals surface area contributed by atoms with Gasteiger partial charge in [-0.3, -0.25) is 0 Å². The van der Waals surface area contributed by atoms with Gasteiger partial charge in [-0.05, 0) is 20.8 Å². The number of hydrogen-bond acceptors (Lipinski definition) is 4. The number of hydrogen-bond donors (Lipinski definition) is 1. The Morgan fingerprint density at radius 2 is 2.00 bits per heavy atom.